The van der Waals surface area contributed by atoms with Gasteiger partial charge in [-0.25, -0.2) is 13.1 Å². The van der Waals surface area contributed by atoms with Crippen LogP contribution in [-0.2, 0) is 23.0 Å². The van der Waals surface area contributed by atoms with E-state index >= 15 is 0 Å². The first-order valence-electron chi connectivity index (χ1n) is 7.77. The fourth-order valence-electron chi connectivity index (χ4n) is 2.62. The van der Waals surface area contributed by atoms with Crippen LogP contribution in [0.15, 0.2) is 28.7 Å². The Morgan fingerprint density at radius 1 is 1.38 bits per heavy atom. The van der Waals surface area contributed by atoms with Crippen molar-refractivity contribution in [1.82, 2.24) is 20.2 Å². The summed E-state index contributed by atoms with van der Waals surface area (Å²) >= 11 is 6.06. The third kappa shape index (κ3) is 3.77. The van der Waals surface area contributed by atoms with Crippen molar-refractivity contribution in [3.05, 3.63) is 46.6 Å². The molecule has 3 rings (SSSR count). The molecule has 130 valence electrons. The lowest BCUT2D eigenvalue weighted by Crippen LogP contribution is -2.35. The average Bonchev–Trinajstić information content (AvgIpc) is 3.23. The van der Waals surface area contributed by atoms with Crippen molar-refractivity contribution < 1.29 is 12.8 Å². The fraction of sp³-hybridized carbons (Fsp3) is 0.467. The summed E-state index contributed by atoms with van der Waals surface area (Å²) in [6.07, 6.45) is 1.05. The van der Waals surface area contributed by atoms with Crippen LogP contribution in [0.2, 0.25) is 5.02 Å². The number of hydrogen-bond donors (Lipinski definition) is 2. The first kappa shape index (κ1) is 17.3. The molecule has 0 saturated carbocycles. The number of nitrogens with one attached hydrogen (secondary N) is 2. The fourth-order valence-corrected chi connectivity index (χ4v) is 4.17. The maximum absolute atomic E-state index is 12.5. The van der Waals surface area contributed by atoms with Crippen LogP contribution in [0.4, 0.5) is 0 Å². The van der Waals surface area contributed by atoms with Gasteiger partial charge in [0.25, 0.3) is 0 Å². The Hall–Kier alpha value is -1.48. The molecule has 7 nitrogen and oxygen atoms in total. The molecular weight excluding hydrogens is 352 g/mol. The smallest absolute Gasteiger partial charge is 0.233 e. The molecule has 0 radical (unpaired) electrons. The van der Waals surface area contributed by atoms with Crippen LogP contribution in [0.3, 0.4) is 0 Å². The first-order valence-corrected chi connectivity index (χ1v) is 9.69. The number of benzene rings is 1. The molecule has 1 aromatic heterocycles. The van der Waals surface area contributed by atoms with E-state index < -0.39 is 15.3 Å². The topological polar surface area (TPSA) is 97.1 Å². The molecule has 2 N–H and O–H groups in total. The lowest BCUT2D eigenvalue weighted by atomic mass is 10.2. The molecule has 1 aliphatic heterocycles. The molecule has 2 heterocycles. The molecule has 0 spiro atoms. The average molecular weight is 371 g/mol. The second-order valence-corrected chi connectivity index (χ2v) is 8.12. The van der Waals surface area contributed by atoms with Gasteiger partial charge in [0.2, 0.25) is 21.8 Å². The Morgan fingerprint density at radius 3 is 2.88 bits per heavy atom. The van der Waals surface area contributed by atoms with E-state index in [9.17, 15) is 8.42 Å². The van der Waals surface area contributed by atoms with Gasteiger partial charge in [-0.15, -0.1) is 10.2 Å². The summed E-state index contributed by atoms with van der Waals surface area (Å²) < 4.78 is 33.1. The molecular formula is C15H19ClN4O3S. The molecule has 1 saturated heterocycles. The van der Waals surface area contributed by atoms with Crippen LogP contribution in [-0.4, -0.2) is 30.4 Å². The van der Waals surface area contributed by atoms with Crippen LogP contribution in [0.1, 0.15) is 36.7 Å². The van der Waals surface area contributed by atoms with Gasteiger partial charge in [-0.3, -0.25) is 0 Å². The molecule has 1 aromatic carbocycles. The number of nitrogens with zero attached hydrogens (tertiary/aromatic N) is 2. The normalized spacial score (nSPS) is 21.2. The van der Waals surface area contributed by atoms with E-state index in [1.807, 2.05) is 13.0 Å². The van der Waals surface area contributed by atoms with Crippen LogP contribution < -0.4 is 10.0 Å². The first-order chi connectivity index (χ1) is 11.5. The maximum Gasteiger partial charge on any atom is 0.233 e. The number of rotatable bonds is 6. The minimum atomic E-state index is -3.48. The minimum Gasteiger partial charge on any atom is -0.424 e. The van der Waals surface area contributed by atoms with Crippen molar-refractivity contribution in [2.75, 3.05) is 6.54 Å². The quantitative estimate of drug-likeness (QED) is 0.804. The second kappa shape index (κ2) is 7.18. The van der Waals surface area contributed by atoms with Gasteiger partial charge in [0.15, 0.2) is 0 Å². The van der Waals surface area contributed by atoms with Crippen molar-refractivity contribution in [2.24, 2.45) is 0 Å². The van der Waals surface area contributed by atoms with E-state index in [2.05, 4.69) is 20.2 Å². The predicted molar refractivity (Wildman–Crippen MR) is 90.0 cm³/mol. The molecule has 24 heavy (non-hydrogen) atoms. The van der Waals surface area contributed by atoms with Gasteiger partial charge in [-0.1, -0.05) is 36.7 Å². The Labute approximate surface area is 145 Å². The van der Waals surface area contributed by atoms with Gasteiger partial charge in [-0.2, -0.15) is 0 Å². The SMILES string of the molecule is CCc1nnc(C2CC(S(=O)(=O)NCc3ccccc3Cl)CN2)o1. The zero-order valence-corrected chi connectivity index (χ0v) is 14.8. The summed E-state index contributed by atoms with van der Waals surface area (Å²) in [5.74, 6) is 0.991. The van der Waals surface area contributed by atoms with Crippen LogP contribution in [0.5, 0.6) is 0 Å². The summed E-state index contributed by atoms with van der Waals surface area (Å²) in [6, 6.07) is 6.93. The standard InChI is InChI=1S/C15H19ClN4O3S/c1-2-14-19-20-15(23-14)13-7-11(9-17-13)24(21,22)18-8-10-5-3-4-6-12(10)16/h3-6,11,13,17-18H,2,7-9H2,1H3. The van der Waals surface area contributed by atoms with Crippen molar-refractivity contribution in [3.8, 4) is 0 Å². The van der Waals surface area contributed by atoms with Crippen LogP contribution in [0.25, 0.3) is 0 Å². The number of aromatic nitrogens is 2. The van der Waals surface area contributed by atoms with Gasteiger partial charge in [0.05, 0.1) is 11.3 Å². The summed E-state index contributed by atoms with van der Waals surface area (Å²) in [5, 5.41) is 11.0. The van der Waals surface area contributed by atoms with Gasteiger partial charge >= 0.3 is 0 Å². The molecule has 2 atom stereocenters. The molecule has 1 aliphatic rings. The van der Waals surface area contributed by atoms with Gasteiger partial charge in [-0.05, 0) is 18.1 Å². The van der Waals surface area contributed by atoms with Gasteiger partial charge < -0.3 is 9.73 Å². The molecule has 0 amide bonds. The highest BCUT2D eigenvalue weighted by atomic mass is 35.5. The van der Waals surface area contributed by atoms with E-state index in [-0.39, 0.29) is 12.6 Å². The zero-order chi connectivity index (χ0) is 17.2. The Kier molecular flexibility index (Phi) is 5.19. The highest BCUT2D eigenvalue weighted by Crippen LogP contribution is 2.26. The Balaban J connectivity index is 1.62. The molecule has 0 bridgehead atoms. The molecule has 9 heteroatoms. The summed E-state index contributed by atoms with van der Waals surface area (Å²) in [5.41, 5.74) is 0.745. The summed E-state index contributed by atoms with van der Waals surface area (Å²) in [7, 11) is -3.48. The largest absolute Gasteiger partial charge is 0.424 e. The van der Waals surface area contributed by atoms with Crippen molar-refractivity contribution in [1.29, 1.82) is 0 Å². The zero-order valence-electron chi connectivity index (χ0n) is 13.2. The van der Waals surface area contributed by atoms with Crippen molar-refractivity contribution >= 4 is 21.6 Å². The highest BCUT2D eigenvalue weighted by molar-refractivity contribution is 7.90. The number of sulfonamides is 1. The summed E-state index contributed by atoms with van der Waals surface area (Å²) in [4.78, 5) is 0. The van der Waals surface area contributed by atoms with Gasteiger partial charge in [0, 0.05) is 24.5 Å². The van der Waals surface area contributed by atoms with Crippen molar-refractivity contribution in [3.63, 3.8) is 0 Å². The third-order valence-electron chi connectivity index (χ3n) is 4.03. The van der Waals surface area contributed by atoms with E-state index in [4.69, 9.17) is 16.0 Å². The monoisotopic (exact) mass is 370 g/mol. The van der Waals surface area contributed by atoms with Crippen molar-refractivity contribution in [2.45, 2.75) is 37.6 Å². The maximum atomic E-state index is 12.5. The summed E-state index contributed by atoms with van der Waals surface area (Å²) in [6.45, 7) is 2.43. The number of hydrogen-bond acceptors (Lipinski definition) is 6. The molecule has 2 unspecified atom stereocenters. The van der Waals surface area contributed by atoms with Crippen LogP contribution in [0, 0.1) is 0 Å². The van der Waals surface area contributed by atoms with E-state index in [0.29, 0.717) is 36.2 Å². The number of aryl methyl sites for hydroxylation is 1. The van der Waals surface area contributed by atoms with E-state index in [1.54, 1.807) is 18.2 Å². The lowest BCUT2D eigenvalue weighted by Gasteiger charge is -2.12. The predicted octanol–water partition coefficient (Wildman–Crippen LogP) is 1.81. The van der Waals surface area contributed by atoms with Crippen LogP contribution >= 0.6 is 11.6 Å². The molecule has 0 aliphatic carbocycles. The second-order valence-electron chi connectivity index (χ2n) is 5.66. The lowest BCUT2D eigenvalue weighted by molar-refractivity contribution is 0.405. The Morgan fingerprint density at radius 2 is 2.17 bits per heavy atom. The number of halogens is 1. The van der Waals surface area contributed by atoms with E-state index in [0.717, 1.165) is 5.56 Å². The van der Waals surface area contributed by atoms with E-state index in [1.165, 1.54) is 0 Å². The minimum absolute atomic E-state index is 0.170. The highest BCUT2D eigenvalue weighted by Gasteiger charge is 2.36. The Bertz CT molecular complexity index is 809. The molecule has 1 fully saturated rings. The third-order valence-corrected chi connectivity index (χ3v) is 6.19. The molecule has 2 aromatic rings. The van der Waals surface area contributed by atoms with Gasteiger partial charge in [0.1, 0.15) is 0 Å².